The fraction of sp³-hybridized carbons (Fsp3) is 0.312. The van der Waals surface area contributed by atoms with E-state index in [2.05, 4.69) is 37.7 Å². The molecular formula is C16H21N7O. The largest absolute Gasteiger partial charge is 0.393 e. The van der Waals surface area contributed by atoms with Gasteiger partial charge in [0, 0.05) is 31.7 Å². The number of hydrogen-bond acceptors (Lipinski definition) is 7. The fourth-order valence-electron chi connectivity index (χ4n) is 2.53. The summed E-state index contributed by atoms with van der Waals surface area (Å²) in [6.45, 7) is 3.62. The summed E-state index contributed by atoms with van der Waals surface area (Å²) >= 11 is 0. The van der Waals surface area contributed by atoms with Crippen molar-refractivity contribution in [3.63, 3.8) is 0 Å². The molecule has 0 radical (unpaired) electrons. The van der Waals surface area contributed by atoms with Crippen molar-refractivity contribution in [2.75, 3.05) is 49.3 Å². The number of nitrogen functional groups attached to an aromatic ring is 1. The van der Waals surface area contributed by atoms with E-state index in [-0.39, 0.29) is 5.91 Å². The number of carbonyl (C=O) groups is 1. The minimum atomic E-state index is -0.255. The molecule has 1 amide bonds. The minimum absolute atomic E-state index is 0.255. The molecule has 8 nitrogen and oxygen atoms in total. The number of carbonyl (C=O) groups excluding carboxylic acids is 1. The normalized spacial score (nSPS) is 15.1. The molecule has 0 bridgehead atoms. The molecule has 4 N–H and O–H groups in total. The molecule has 1 aliphatic heterocycles. The van der Waals surface area contributed by atoms with E-state index < -0.39 is 0 Å². The number of rotatable bonds is 4. The van der Waals surface area contributed by atoms with Crippen molar-refractivity contribution in [1.29, 1.82) is 0 Å². The van der Waals surface area contributed by atoms with Gasteiger partial charge in [0.05, 0.1) is 0 Å². The van der Waals surface area contributed by atoms with E-state index in [1.165, 1.54) is 6.33 Å². The van der Waals surface area contributed by atoms with Crippen LogP contribution in [0.15, 0.2) is 36.7 Å². The maximum Gasteiger partial charge on any atom is 0.269 e. The Bertz CT molecular complexity index is 699. The zero-order valence-corrected chi connectivity index (χ0v) is 13.6. The van der Waals surface area contributed by atoms with Crippen LogP contribution in [0.4, 0.5) is 17.3 Å². The maximum absolute atomic E-state index is 12.1. The van der Waals surface area contributed by atoms with Crippen LogP contribution in [-0.2, 0) is 0 Å². The molecule has 8 heteroatoms. The van der Waals surface area contributed by atoms with Crippen LogP contribution in [0.5, 0.6) is 0 Å². The lowest BCUT2D eigenvalue weighted by atomic mass is 10.2. The van der Waals surface area contributed by atoms with Crippen LogP contribution in [0, 0.1) is 0 Å². The summed E-state index contributed by atoms with van der Waals surface area (Å²) < 4.78 is 0. The van der Waals surface area contributed by atoms with E-state index in [0.717, 1.165) is 26.2 Å². The second-order valence-corrected chi connectivity index (χ2v) is 5.70. The number of anilines is 3. The highest BCUT2D eigenvalue weighted by Crippen LogP contribution is 2.26. The van der Waals surface area contributed by atoms with Crippen molar-refractivity contribution in [3.8, 4) is 0 Å². The average Bonchev–Trinajstić information content (AvgIpc) is 2.62. The van der Waals surface area contributed by atoms with Gasteiger partial charge in [0.25, 0.3) is 5.91 Å². The monoisotopic (exact) mass is 327 g/mol. The number of benzene rings is 1. The van der Waals surface area contributed by atoms with E-state index in [4.69, 9.17) is 5.73 Å². The first kappa shape index (κ1) is 16.0. The Hall–Kier alpha value is -2.87. The summed E-state index contributed by atoms with van der Waals surface area (Å²) in [5, 5.41) is 0. The minimum Gasteiger partial charge on any atom is -0.393 e. The number of hydrazine groups is 1. The highest BCUT2D eigenvalue weighted by molar-refractivity contribution is 5.95. The second kappa shape index (κ2) is 7.14. The van der Waals surface area contributed by atoms with E-state index >= 15 is 0 Å². The molecule has 1 fully saturated rings. The van der Waals surface area contributed by atoms with Gasteiger partial charge in [0.1, 0.15) is 12.0 Å². The molecule has 0 spiro atoms. The number of amides is 1. The van der Waals surface area contributed by atoms with Gasteiger partial charge >= 0.3 is 0 Å². The number of piperazine rings is 1. The Morgan fingerprint density at radius 2 is 1.83 bits per heavy atom. The molecule has 1 saturated heterocycles. The Balaban J connectivity index is 1.68. The third kappa shape index (κ3) is 3.54. The molecule has 2 heterocycles. The summed E-state index contributed by atoms with van der Waals surface area (Å²) in [5.74, 6) is 0.826. The molecule has 0 saturated carbocycles. The fourth-order valence-corrected chi connectivity index (χ4v) is 2.53. The predicted molar refractivity (Wildman–Crippen MR) is 93.7 cm³/mol. The zero-order valence-electron chi connectivity index (χ0n) is 13.6. The number of nitrogens with two attached hydrogens (primary N) is 1. The summed E-state index contributed by atoms with van der Waals surface area (Å²) in [7, 11) is 2.09. The van der Waals surface area contributed by atoms with Gasteiger partial charge in [-0.1, -0.05) is 18.2 Å². The van der Waals surface area contributed by atoms with Crippen LogP contribution in [-0.4, -0.2) is 54.0 Å². The molecule has 2 aromatic rings. The van der Waals surface area contributed by atoms with Gasteiger partial charge in [-0.15, -0.1) is 0 Å². The molecule has 0 unspecified atom stereocenters. The average molecular weight is 327 g/mol. The highest BCUT2D eigenvalue weighted by Gasteiger charge is 2.19. The molecule has 1 aliphatic rings. The maximum atomic E-state index is 12.1. The predicted octanol–water partition coefficient (Wildman–Crippen LogP) is 0.567. The number of likely N-dealkylation sites (N-methyl/N-ethyl adjacent to an activating group) is 1. The van der Waals surface area contributed by atoms with Crippen LogP contribution in [0.25, 0.3) is 0 Å². The van der Waals surface area contributed by atoms with Gasteiger partial charge in [-0.25, -0.2) is 9.97 Å². The molecular weight excluding hydrogens is 306 g/mol. The molecule has 0 aliphatic carbocycles. The lowest BCUT2D eigenvalue weighted by Gasteiger charge is -2.33. The van der Waals surface area contributed by atoms with Crippen molar-refractivity contribution in [2.24, 2.45) is 0 Å². The van der Waals surface area contributed by atoms with Crippen LogP contribution in [0.3, 0.4) is 0 Å². The standard InChI is InChI=1S/C16H21N7O/c1-22-7-9-23(10-8-22)15-13(17)14(18-11-19-15)20-21-16(24)12-5-3-2-4-6-12/h2-6,11H,7-10,17H2,1H3,(H,21,24)(H,18,19,20). The first-order valence-electron chi connectivity index (χ1n) is 7.80. The number of nitrogens with one attached hydrogen (secondary N) is 2. The van der Waals surface area contributed by atoms with E-state index in [1.54, 1.807) is 24.3 Å². The van der Waals surface area contributed by atoms with Gasteiger partial charge in [0.2, 0.25) is 0 Å². The highest BCUT2D eigenvalue weighted by atomic mass is 16.2. The zero-order chi connectivity index (χ0) is 16.9. The summed E-state index contributed by atoms with van der Waals surface area (Å²) in [6.07, 6.45) is 1.45. The molecule has 1 aromatic carbocycles. The van der Waals surface area contributed by atoms with Crippen molar-refractivity contribution < 1.29 is 4.79 Å². The molecule has 0 atom stereocenters. The summed E-state index contributed by atoms with van der Waals surface area (Å²) in [5.41, 5.74) is 12.6. The first-order chi connectivity index (χ1) is 11.6. The van der Waals surface area contributed by atoms with Crippen LogP contribution in [0.1, 0.15) is 10.4 Å². The Morgan fingerprint density at radius 1 is 1.12 bits per heavy atom. The molecule has 24 heavy (non-hydrogen) atoms. The smallest absolute Gasteiger partial charge is 0.269 e. The van der Waals surface area contributed by atoms with E-state index in [1.807, 2.05) is 6.07 Å². The lowest BCUT2D eigenvalue weighted by molar-refractivity contribution is 0.0962. The first-order valence-corrected chi connectivity index (χ1v) is 7.80. The number of aromatic nitrogens is 2. The number of hydrogen-bond donors (Lipinski definition) is 3. The lowest BCUT2D eigenvalue weighted by Crippen LogP contribution is -2.45. The summed E-state index contributed by atoms with van der Waals surface area (Å²) in [4.78, 5) is 24.9. The van der Waals surface area contributed by atoms with Gasteiger partial charge in [-0.2, -0.15) is 0 Å². The third-order valence-electron chi connectivity index (χ3n) is 4.00. The van der Waals surface area contributed by atoms with Crippen molar-refractivity contribution in [3.05, 3.63) is 42.2 Å². The van der Waals surface area contributed by atoms with E-state index in [9.17, 15) is 4.79 Å². The van der Waals surface area contributed by atoms with Gasteiger partial charge in [-0.3, -0.25) is 15.6 Å². The SMILES string of the molecule is CN1CCN(c2ncnc(NNC(=O)c3ccccc3)c2N)CC1. The van der Waals surface area contributed by atoms with Crippen molar-refractivity contribution >= 4 is 23.2 Å². The van der Waals surface area contributed by atoms with Crippen molar-refractivity contribution in [1.82, 2.24) is 20.3 Å². The van der Waals surface area contributed by atoms with Crippen molar-refractivity contribution in [2.45, 2.75) is 0 Å². The van der Waals surface area contributed by atoms with Gasteiger partial charge < -0.3 is 15.5 Å². The quantitative estimate of drug-likeness (QED) is 0.706. The van der Waals surface area contributed by atoms with E-state index in [0.29, 0.717) is 22.9 Å². The summed E-state index contributed by atoms with van der Waals surface area (Å²) in [6, 6.07) is 8.93. The topological polar surface area (TPSA) is 99.4 Å². The van der Waals surface area contributed by atoms with Crippen LogP contribution in [0.2, 0.25) is 0 Å². The molecule has 1 aromatic heterocycles. The molecule has 126 valence electrons. The van der Waals surface area contributed by atoms with Crippen LogP contribution < -0.4 is 21.5 Å². The molecule has 3 rings (SSSR count). The Labute approximate surface area is 140 Å². The van der Waals surface area contributed by atoms with Gasteiger partial charge in [-0.05, 0) is 19.2 Å². The van der Waals surface area contributed by atoms with Gasteiger partial charge in [0.15, 0.2) is 11.6 Å². The Kier molecular flexibility index (Phi) is 4.76. The third-order valence-corrected chi connectivity index (χ3v) is 4.00. The Morgan fingerprint density at radius 3 is 2.54 bits per heavy atom. The number of nitrogens with zero attached hydrogens (tertiary/aromatic N) is 4. The second-order valence-electron chi connectivity index (χ2n) is 5.70. The van der Waals surface area contributed by atoms with Crippen LogP contribution >= 0.6 is 0 Å².